The van der Waals surface area contributed by atoms with Crippen molar-refractivity contribution in [3.63, 3.8) is 0 Å². The molecule has 0 bridgehead atoms. The molecule has 0 amide bonds. The fraction of sp³-hybridized carbons (Fsp3) is 0.294. The molecular weight excluding hydrogens is 250 g/mol. The van der Waals surface area contributed by atoms with Crippen molar-refractivity contribution in [3.05, 3.63) is 42.0 Å². The van der Waals surface area contributed by atoms with Crippen molar-refractivity contribution in [2.24, 2.45) is 0 Å². The van der Waals surface area contributed by atoms with Crippen LogP contribution in [0.25, 0.3) is 11.1 Å². The summed E-state index contributed by atoms with van der Waals surface area (Å²) in [6, 6.07) is 12.4. The third kappa shape index (κ3) is 2.09. The predicted molar refractivity (Wildman–Crippen MR) is 81.8 cm³/mol. The Hall–Kier alpha value is -2.16. The highest BCUT2D eigenvalue weighted by Gasteiger charge is 2.18. The molecule has 0 aromatic heterocycles. The lowest BCUT2D eigenvalue weighted by molar-refractivity contribution is 0.356. The van der Waals surface area contributed by atoms with Gasteiger partial charge in [0, 0.05) is 17.8 Å². The summed E-state index contributed by atoms with van der Waals surface area (Å²) in [6.45, 7) is 1.05. The maximum atomic E-state index is 5.57. The van der Waals surface area contributed by atoms with Crippen LogP contribution in [0.15, 0.2) is 36.4 Å². The molecule has 0 spiro atoms. The van der Waals surface area contributed by atoms with Crippen molar-refractivity contribution >= 4 is 5.69 Å². The first-order valence-corrected chi connectivity index (χ1v) is 6.92. The predicted octanol–water partition coefficient (Wildman–Crippen LogP) is 3.73. The molecule has 104 valence electrons. The van der Waals surface area contributed by atoms with Gasteiger partial charge < -0.3 is 14.8 Å². The smallest absolute Gasteiger partial charge is 0.168 e. The summed E-state index contributed by atoms with van der Waals surface area (Å²) in [4.78, 5) is 0. The number of benzene rings is 2. The van der Waals surface area contributed by atoms with Gasteiger partial charge in [-0.05, 0) is 36.1 Å². The Morgan fingerprint density at radius 3 is 2.55 bits per heavy atom. The molecule has 3 rings (SSSR count). The van der Waals surface area contributed by atoms with Gasteiger partial charge in [0.2, 0.25) is 0 Å². The summed E-state index contributed by atoms with van der Waals surface area (Å²) in [5, 5.41) is 3.47. The molecule has 0 fully saturated rings. The van der Waals surface area contributed by atoms with Crippen LogP contribution < -0.4 is 14.8 Å². The maximum Gasteiger partial charge on any atom is 0.168 e. The molecule has 0 saturated carbocycles. The summed E-state index contributed by atoms with van der Waals surface area (Å²) < 4.78 is 11.0. The fourth-order valence-corrected chi connectivity index (χ4v) is 2.86. The Morgan fingerprint density at radius 2 is 1.75 bits per heavy atom. The summed E-state index contributed by atoms with van der Waals surface area (Å²) in [7, 11) is 3.36. The number of anilines is 1. The van der Waals surface area contributed by atoms with Crippen molar-refractivity contribution in [3.8, 4) is 22.6 Å². The van der Waals surface area contributed by atoms with E-state index in [9.17, 15) is 0 Å². The molecular formula is C17H19NO2. The van der Waals surface area contributed by atoms with Crippen molar-refractivity contribution in [1.82, 2.24) is 0 Å². The van der Waals surface area contributed by atoms with E-state index in [1.807, 2.05) is 12.1 Å². The molecule has 1 heterocycles. The number of hydrogen-bond acceptors (Lipinski definition) is 3. The zero-order chi connectivity index (χ0) is 13.9. The van der Waals surface area contributed by atoms with Gasteiger partial charge in [0.05, 0.1) is 14.2 Å². The fourth-order valence-electron chi connectivity index (χ4n) is 2.86. The molecule has 3 nitrogen and oxygen atoms in total. The van der Waals surface area contributed by atoms with Crippen LogP contribution >= 0.6 is 0 Å². The molecule has 1 aliphatic rings. The van der Waals surface area contributed by atoms with Gasteiger partial charge >= 0.3 is 0 Å². The number of rotatable bonds is 3. The normalized spacial score (nSPS) is 13.3. The summed E-state index contributed by atoms with van der Waals surface area (Å²) in [5.41, 5.74) is 4.92. The Balaban J connectivity index is 2.19. The van der Waals surface area contributed by atoms with Gasteiger partial charge in [0.15, 0.2) is 11.5 Å². The van der Waals surface area contributed by atoms with Crippen LogP contribution in [0.4, 0.5) is 5.69 Å². The van der Waals surface area contributed by atoms with Crippen molar-refractivity contribution in [1.29, 1.82) is 0 Å². The molecule has 20 heavy (non-hydrogen) atoms. The lowest BCUT2D eigenvalue weighted by Gasteiger charge is -2.22. The number of methoxy groups -OCH3 is 2. The highest BCUT2D eigenvalue weighted by molar-refractivity contribution is 5.80. The Kier molecular flexibility index (Phi) is 3.50. The third-order valence-corrected chi connectivity index (χ3v) is 3.79. The van der Waals surface area contributed by atoms with Crippen LogP contribution in [0.5, 0.6) is 11.5 Å². The third-order valence-electron chi connectivity index (χ3n) is 3.79. The first-order valence-electron chi connectivity index (χ1n) is 6.92. The van der Waals surface area contributed by atoms with E-state index in [0.29, 0.717) is 0 Å². The first kappa shape index (κ1) is 12.9. The number of fused-ring (bicyclic) bond motifs is 1. The molecule has 0 aliphatic carbocycles. The van der Waals surface area contributed by atoms with Gasteiger partial charge in [-0.1, -0.05) is 24.3 Å². The van der Waals surface area contributed by atoms with Crippen molar-refractivity contribution in [2.45, 2.75) is 12.8 Å². The van der Waals surface area contributed by atoms with Crippen LogP contribution in [0.3, 0.4) is 0 Å². The van der Waals surface area contributed by atoms with E-state index >= 15 is 0 Å². The van der Waals surface area contributed by atoms with Crippen LogP contribution in [0, 0.1) is 0 Å². The molecule has 0 atom stereocenters. The topological polar surface area (TPSA) is 30.5 Å². The summed E-state index contributed by atoms with van der Waals surface area (Å²) in [6.07, 6.45) is 2.26. The maximum absolute atomic E-state index is 5.57. The summed E-state index contributed by atoms with van der Waals surface area (Å²) >= 11 is 0. The van der Waals surface area contributed by atoms with Gasteiger partial charge in [-0.15, -0.1) is 0 Å². The summed E-state index contributed by atoms with van der Waals surface area (Å²) in [5.74, 6) is 1.57. The highest BCUT2D eigenvalue weighted by atomic mass is 16.5. The average Bonchev–Trinajstić information content (AvgIpc) is 2.53. The second kappa shape index (κ2) is 5.45. The van der Waals surface area contributed by atoms with Gasteiger partial charge in [-0.2, -0.15) is 0 Å². The van der Waals surface area contributed by atoms with Gasteiger partial charge in [0.25, 0.3) is 0 Å². The van der Waals surface area contributed by atoms with Crippen LogP contribution in [0.2, 0.25) is 0 Å². The second-order valence-electron chi connectivity index (χ2n) is 4.90. The van der Waals surface area contributed by atoms with E-state index in [0.717, 1.165) is 36.4 Å². The standard InChI is InChI=1S/C17H19NO2/c1-19-16-10-4-7-14(17(16)20-2)12-6-3-9-15-13(12)8-5-11-18-15/h3-4,6-7,9-10,18H,5,8,11H2,1-2H3. The lowest BCUT2D eigenvalue weighted by atomic mass is 9.92. The molecule has 1 aliphatic heterocycles. The van der Waals surface area contributed by atoms with E-state index in [2.05, 4.69) is 29.6 Å². The molecule has 0 radical (unpaired) electrons. The molecule has 1 N–H and O–H groups in total. The highest BCUT2D eigenvalue weighted by Crippen LogP contribution is 2.41. The Morgan fingerprint density at radius 1 is 0.950 bits per heavy atom. The second-order valence-corrected chi connectivity index (χ2v) is 4.90. The van der Waals surface area contributed by atoms with Gasteiger partial charge in [0.1, 0.15) is 0 Å². The largest absolute Gasteiger partial charge is 0.493 e. The van der Waals surface area contributed by atoms with Crippen molar-refractivity contribution < 1.29 is 9.47 Å². The van der Waals surface area contributed by atoms with E-state index in [1.165, 1.54) is 16.8 Å². The molecule has 0 saturated heterocycles. The molecule has 2 aromatic rings. The van der Waals surface area contributed by atoms with Crippen LogP contribution in [-0.4, -0.2) is 20.8 Å². The Labute approximate surface area is 119 Å². The number of ether oxygens (including phenoxy) is 2. The minimum atomic E-state index is 0.770. The molecule has 0 unspecified atom stereocenters. The average molecular weight is 269 g/mol. The van der Waals surface area contributed by atoms with Gasteiger partial charge in [-0.3, -0.25) is 0 Å². The van der Waals surface area contributed by atoms with E-state index in [-0.39, 0.29) is 0 Å². The van der Waals surface area contributed by atoms with E-state index in [4.69, 9.17) is 9.47 Å². The van der Waals surface area contributed by atoms with E-state index in [1.54, 1.807) is 14.2 Å². The van der Waals surface area contributed by atoms with Crippen LogP contribution in [-0.2, 0) is 6.42 Å². The quantitative estimate of drug-likeness (QED) is 0.921. The van der Waals surface area contributed by atoms with Gasteiger partial charge in [-0.25, -0.2) is 0 Å². The minimum Gasteiger partial charge on any atom is -0.493 e. The zero-order valence-electron chi connectivity index (χ0n) is 11.9. The van der Waals surface area contributed by atoms with Crippen molar-refractivity contribution in [2.75, 3.05) is 26.1 Å². The minimum absolute atomic E-state index is 0.770. The Bertz CT molecular complexity index is 585. The zero-order valence-corrected chi connectivity index (χ0v) is 11.9. The SMILES string of the molecule is COc1cccc(-c2cccc3c2CCCN3)c1OC. The first-order chi connectivity index (χ1) is 9.85. The number of para-hydroxylation sites is 1. The molecule has 3 heteroatoms. The lowest BCUT2D eigenvalue weighted by Crippen LogP contribution is -2.12. The van der Waals surface area contributed by atoms with E-state index < -0.39 is 0 Å². The number of hydrogen-bond donors (Lipinski definition) is 1. The molecule has 2 aromatic carbocycles. The number of nitrogens with one attached hydrogen (secondary N) is 1. The van der Waals surface area contributed by atoms with Crippen LogP contribution in [0.1, 0.15) is 12.0 Å². The monoisotopic (exact) mass is 269 g/mol.